The van der Waals surface area contributed by atoms with Gasteiger partial charge < -0.3 is 19.8 Å². The molecule has 76 valence electrons. The van der Waals surface area contributed by atoms with Crippen LogP contribution in [0.1, 0.15) is 33.6 Å². The summed E-state index contributed by atoms with van der Waals surface area (Å²) in [7, 11) is 0. The predicted octanol–water partition coefficient (Wildman–Crippen LogP) is -7.06. The van der Waals surface area contributed by atoms with Gasteiger partial charge in [0.15, 0.2) is 0 Å². The van der Waals surface area contributed by atoms with Crippen LogP contribution in [0.25, 0.3) is 0 Å². The van der Waals surface area contributed by atoms with Gasteiger partial charge in [-0.05, 0) is 11.8 Å². The van der Waals surface area contributed by atoms with Gasteiger partial charge in [-0.15, -0.1) is 0 Å². The first-order valence-corrected chi connectivity index (χ1v) is 4.24. The molecule has 4 nitrogen and oxygen atoms in total. The van der Waals surface area contributed by atoms with Crippen molar-refractivity contribution in [2.45, 2.75) is 33.6 Å². The number of carbonyl (C=O) groups excluding carboxylic acids is 2. The van der Waals surface area contributed by atoms with Crippen LogP contribution in [-0.2, 0) is 9.59 Å². The van der Waals surface area contributed by atoms with Crippen molar-refractivity contribution in [3.8, 4) is 0 Å². The molecule has 15 heavy (non-hydrogen) atoms. The van der Waals surface area contributed by atoms with Crippen molar-refractivity contribution in [2.24, 2.45) is 11.3 Å². The van der Waals surface area contributed by atoms with Crippen LogP contribution in [0.4, 0.5) is 0 Å². The SMILES string of the molecule is CCCC(C)(C)C(C(=O)[O-])C(=O)[O-].[K+].[Na+]. The van der Waals surface area contributed by atoms with Gasteiger partial charge in [-0.2, -0.15) is 0 Å². The number of carbonyl (C=O) groups is 2. The smallest absolute Gasteiger partial charge is 0.549 e. The molecule has 0 N–H and O–H groups in total. The molecule has 0 aromatic heterocycles. The van der Waals surface area contributed by atoms with E-state index in [-0.39, 0.29) is 80.9 Å². The van der Waals surface area contributed by atoms with E-state index in [2.05, 4.69) is 0 Å². The maximum atomic E-state index is 10.5. The molecule has 0 atom stereocenters. The van der Waals surface area contributed by atoms with Crippen LogP contribution in [0.2, 0.25) is 0 Å². The minimum Gasteiger partial charge on any atom is -0.549 e. The molecule has 0 aliphatic rings. The first-order chi connectivity index (χ1) is 5.83. The third-order valence-corrected chi connectivity index (χ3v) is 2.15. The third-order valence-electron chi connectivity index (χ3n) is 2.15. The van der Waals surface area contributed by atoms with Crippen molar-refractivity contribution in [2.75, 3.05) is 0 Å². The van der Waals surface area contributed by atoms with Crippen LogP contribution in [-0.4, -0.2) is 11.9 Å². The minimum absolute atomic E-state index is 0. The second kappa shape index (κ2) is 9.59. The van der Waals surface area contributed by atoms with E-state index in [0.717, 1.165) is 6.42 Å². The number of hydrogen-bond donors (Lipinski definition) is 0. The molecule has 0 aromatic rings. The van der Waals surface area contributed by atoms with Crippen LogP contribution in [0.15, 0.2) is 0 Å². The Morgan fingerprint density at radius 1 is 1.20 bits per heavy atom. The second-order valence-electron chi connectivity index (χ2n) is 3.81. The van der Waals surface area contributed by atoms with Crippen molar-refractivity contribution < 1.29 is 101 Å². The molecular weight excluding hydrogens is 234 g/mol. The van der Waals surface area contributed by atoms with Gasteiger partial charge in [0.1, 0.15) is 0 Å². The number of carboxylic acids is 2. The topological polar surface area (TPSA) is 80.3 Å². The average molecular weight is 248 g/mol. The van der Waals surface area contributed by atoms with Gasteiger partial charge in [0.05, 0.1) is 11.9 Å². The Bertz CT molecular complexity index is 204. The average Bonchev–Trinajstić information content (AvgIpc) is 1.82. The molecular formula is C9H14KNaO4. The zero-order valence-corrected chi connectivity index (χ0v) is 15.2. The van der Waals surface area contributed by atoms with Crippen LogP contribution >= 0.6 is 0 Å². The standard InChI is InChI=1S/C9H16O4.K.Na/c1-4-5-9(2,3)6(7(10)11)8(12)13;;/h6H,4-5H2,1-3H3,(H,10,11)(H,12,13);;/q;2*+1/p-2. The van der Waals surface area contributed by atoms with Gasteiger partial charge in [-0.25, -0.2) is 0 Å². The van der Waals surface area contributed by atoms with Gasteiger partial charge in [0.2, 0.25) is 0 Å². The van der Waals surface area contributed by atoms with Crippen LogP contribution in [0.5, 0.6) is 0 Å². The van der Waals surface area contributed by atoms with E-state index in [1.54, 1.807) is 13.8 Å². The number of hydrogen-bond acceptors (Lipinski definition) is 4. The molecule has 0 aromatic carbocycles. The Morgan fingerprint density at radius 2 is 1.53 bits per heavy atom. The van der Waals surface area contributed by atoms with E-state index in [0.29, 0.717) is 6.42 Å². The summed E-state index contributed by atoms with van der Waals surface area (Å²) >= 11 is 0. The van der Waals surface area contributed by atoms with E-state index >= 15 is 0 Å². The fraction of sp³-hybridized carbons (Fsp3) is 0.778. The summed E-state index contributed by atoms with van der Waals surface area (Å²) in [5.74, 6) is -4.68. The molecule has 0 saturated carbocycles. The maximum Gasteiger partial charge on any atom is 1.00 e. The summed E-state index contributed by atoms with van der Waals surface area (Å²) in [6.07, 6.45) is 1.24. The second-order valence-corrected chi connectivity index (χ2v) is 3.81. The first kappa shape index (κ1) is 21.8. The Hall–Kier alpha value is 1.58. The first-order valence-electron chi connectivity index (χ1n) is 4.24. The van der Waals surface area contributed by atoms with Gasteiger partial charge in [0, 0.05) is 5.92 Å². The number of aliphatic carboxylic acids is 2. The van der Waals surface area contributed by atoms with Crippen molar-refractivity contribution in [1.82, 2.24) is 0 Å². The third kappa shape index (κ3) is 7.49. The normalized spacial score (nSPS) is 10.1. The number of rotatable bonds is 5. The monoisotopic (exact) mass is 248 g/mol. The summed E-state index contributed by atoms with van der Waals surface area (Å²) in [6.45, 7) is 5.04. The summed E-state index contributed by atoms with van der Waals surface area (Å²) < 4.78 is 0. The molecule has 0 saturated heterocycles. The molecule has 0 heterocycles. The Labute approximate surface area is 155 Å². The van der Waals surface area contributed by atoms with Gasteiger partial charge in [-0.1, -0.05) is 27.2 Å². The maximum absolute atomic E-state index is 10.5. The van der Waals surface area contributed by atoms with Crippen molar-refractivity contribution in [3.05, 3.63) is 0 Å². The van der Waals surface area contributed by atoms with Crippen molar-refractivity contribution >= 4 is 11.9 Å². The zero-order chi connectivity index (χ0) is 10.6. The molecule has 6 heteroatoms. The molecule has 0 aliphatic carbocycles. The molecule has 0 aliphatic heterocycles. The molecule has 0 bridgehead atoms. The summed E-state index contributed by atoms with van der Waals surface area (Å²) in [5.41, 5.74) is -0.813. The minimum atomic E-state index is -1.57. The van der Waals surface area contributed by atoms with Gasteiger partial charge >= 0.3 is 80.9 Å². The molecule has 0 rings (SSSR count). The Kier molecular flexibility index (Phi) is 14.0. The summed E-state index contributed by atoms with van der Waals surface area (Å²) in [5, 5.41) is 21.1. The van der Waals surface area contributed by atoms with Crippen LogP contribution in [0.3, 0.4) is 0 Å². The Morgan fingerprint density at radius 3 is 1.73 bits per heavy atom. The van der Waals surface area contributed by atoms with E-state index in [1.165, 1.54) is 0 Å². The zero-order valence-electron chi connectivity index (χ0n) is 10.1. The van der Waals surface area contributed by atoms with Gasteiger partial charge in [-0.3, -0.25) is 0 Å². The van der Waals surface area contributed by atoms with E-state index < -0.39 is 23.3 Å². The molecule has 0 radical (unpaired) electrons. The molecule has 0 amide bonds. The molecule has 0 unspecified atom stereocenters. The fourth-order valence-electron chi connectivity index (χ4n) is 1.52. The predicted molar refractivity (Wildman–Crippen MR) is 42.2 cm³/mol. The largest absolute Gasteiger partial charge is 1.00 e. The van der Waals surface area contributed by atoms with Gasteiger partial charge in [0.25, 0.3) is 0 Å². The number of carboxylic acid groups (broad SMARTS) is 2. The van der Waals surface area contributed by atoms with E-state index in [1.807, 2.05) is 6.92 Å². The van der Waals surface area contributed by atoms with E-state index in [4.69, 9.17) is 0 Å². The fourth-order valence-corrected chi connectivity index (χ4v) is 1.52. The van der Waals surface area contributed by atoms with E-state index in [9.17, 15) is 19.8 Å². The Balaban J connectivity index is -0.000000720. The molecule has 0 spiro atoms. The van der Waals surface area contributed by atoms with Crippen LogP contribution in [0, 0.1) is 11.3 Å². The summed E-state index contributed by atoms with van der Waals surface area (Å²) in [4.78, 5) is 21.1. The quantitative estimate of drug-likeness (QED) is 0.358. The van der Waals surface area contributed by atoms with Crippen molar-refractivity contribution in [1.29, 1.82) is 0 Å². The summed E-state index contributed by atoms with van der Waals surface area (Å²) in [6, 6.07) is 0. The van der Waals surface area contributed by atoms with Crippen molar-refractivity contribution in [3.63, 3.8) is 0 Å². The van der Waals surface area contributed by atoms with Crippen LogP contribution < -0.4 is 91.2 Å². The molecule has 0 fully saturated rings.